The molecule has 0 saturated heterocycles. The first-order chi connectivity index (χ1) is 8.13. The fourth-order valence-electron chi connectivity index (χ4n) is 1.21. The van der Waals surface area contributed by atoms with Crippen molar-refractivity contribution in [3.63, 3.8) is 0 Å². The molecule has 0 aliphatic rings. The van der Waals surface area contributed by atoms with Crippen LogP contribution in [0.2, 0.25) is 0 Å². The molecule has 0 spiro atoms. The molecule has 1 atom stereocenters. The van der Waals surface area contributed by atoms with Gasteiger partial charge in [0, 0.05) is 16.6 Å². The minimum Gasteiger partial charge on any atom is -0.330 e. The van der Waals surface area contributed by atoms with Gasteiger partial charge >= 0.3 is 0 Å². The molecule has 0 aromatic heterocycles. The molecule has 17 heavy (non-hydrogen) atoms. The molecule has 3 N–H and O–H groups in total. The summed E-state index contributed by atoms with van der Waals surface area (Å²) >= 11 is 0. The van der Waals surface area contributed by atoms with Crippen LogP contribution in [0.3, 0.4) is 0 Å². The number of hydrogen-bond donors (Lipinski definition) is 2. The summed E-state index contributed by atoms with van der Waals surface area (Å²) in [4.78, 5) is 11.4. The van der Waals surface area contributed by atoms with Gasteiger partial charge in [0.15, 0.2) is 0 Å². The molecule has 1 unspecified atom stereocenters. The van der Waals surface area contributed by atoms with Gasteiger partial charge in [0.05, 0.1) is 5.69 Å². The lowest BCUT2D eigenvalue weighted by Gasteiger charge is -2.05. The molecule has 1 rings (SSSR count). The standard InChI is InChI=1S/C11H15FN2O2S/c12-9-4-1-2-5-10(9)14-11(15)8-17(16)7-3-6-13/h1-2,4-5H,3,6-8,13H2,(H,14,15). The number of benzene rings is 1. The Balaban J connectivity index is 2.45. The van der Waals surface area contributed by atoms with Gasteiger partial charge in [0.1, 0.15) is 11.6 Å². The van der Waals surface area contributed by atoms with E-state index in [1.165, 1.54) is 18.2 Å². The number of para-hydroxylation sites is 1. The van der Waals surface area contributed by atoms with Crippen molar-refractivity contribution in [2.75, 3.05) is 23.4 Å². The number of carbonyl (C=O) groups is 1. The number of hydrogen-bond acceptors (Lipinski definition) is 3. The molecule has 0 bridgehead atoms. The molecular formula is C11H15FN2O2S. The van der Waals surface area contributed by atoms with Crippen molar-refractivity contribution in [2.24, 2.45) is 5.73 Å². The van der Waals surface area contributed by atoms with Crippen LogP contribution in [0.1, 0.15) is 6.42 Å². The van der Waals surface area contributed by atoms with Crippen LogP contribution in [0.4, 0.5) is 10.1 Å². The fourth-order valence-corrected chi connectivity index (χ4v) is 2.21. The second kappa shape index (κ2) is 7.13. The average molecular weight is 258 g/mol. The first-order valence-electron chi connectivity index (χ1n) is 5.23. The highest BCUT2D eigenvalue weighted by molar-refractivity contribution is 7.85. The molecule has 0 fully saturated rings. The van der Waals surface area contributed by atoms with Crippen molar-refractivity contribution in [3.8, 4) is 0 Å². The van der Waals surface area contributed by atoms with Crippen molar-refractivity contribution >= 4 is 22.4 Å². The van der Waals surface area contributed by atoms with Crippen LogP contribution < -0.4 is 11.1 Å². The van der Waals surface area contributed by atoms with E-state index in [0.29, 0.717) is 18.7 Å². The molecule has 0 heterocycles. The molecular weight excluding hydrogens is 243 g/mol. The largest absolute Gasteiger partial charge is 0.330 e. The summed E-state index contributed by atoms with van der Waals surface area (Å²) in [6.07, 6.45) is 0.611. The van der Waals surface area contributed by atoms with E-state index in [9.17, 15) is 13.4 Å². The smallest absolute Gasteiger partial charge is 0.237 e. The molecule has 1 amide bonds. The molecule has 1 aromatic carbocycles. The van der Waals surface area contributed by atoms with Gasteiger partial charge < -0.3 is 11.1 Å². The van der Waals surface area contributed by atoms with E-state index in [1.54, 1.807) is 6.07 Å². The fraction of sp³-hybridized carbons (Fsp3) is 0.364. The van der Waals surface area contributed by atoms with Gasteiger partial charge in [-0.2, -0.15) is 0 Å². The maximum atomic E-state index is 13.2. The van der Waals surface area contributed by atoms with Gasteiger partial charge in [-0.15, -0.1) is 0 Å². The maximum Gasteiger partial charge on any atom is 0.237 e. The molecule has 0 aliphatic heterocycles. The van der Waals surface area contributed by atoms with E-state index < -0.39 is 22.5 Å². The lowest BCUT2D eigenvalue weighted by atomic mass is 10.3. The second-order valence-electron chi connectivity index (χ2n) is 3.46. The minimum atomic E-state index is -1.24. The third kappa shape index (κ3) is 5.06. The van der Waals surface area contributed by atoms with E-state index in [4.69, 9.17) is 5.73 Å². The van der Waals surface area contributed by atoms with Crippen LogP contribution in [-0.4, -0.2) is 28.2 Å². The highest BCUT2D eigenvalue weighted by Crippen LogP contribution is 2.12. The lowest BCUT2D eigenvalue weighted by Crippen LogP contribution is -2.22. The van der Waals surface area contributed by atoms with E-state index in [1.807, 2.05) is 0 Å². The van der Waals surface area contributed by atoms with Crippen LogP contribution in [0.15, 0.2) is 24.3 Å². The molecule has 94 valence electrons. The predicted molar refractivity (Wildman–Crippen MR) is 66.6 cm³/mol. The third-order valence-electron chi connectivity index (χ3n) is 2.02. The lowest BCUT2D eigenvalue weighted by molar-refractivity contribution is -0.113. The topological polar surface area (TPSA) is 72.2 Å². The SMILES string of the molecule is NCCCS(=O)CC(=O)Nc1ccccc1F. The van der Waals surface area contributed by atoms with Gasteiger partial charge in [-0.25, -0.2) is 4.39 Å². The van der Waals surface area contributed by atoms with E-state index in [2.05, 4.69) is 5.32 Å². The summed E-state index contributed by atoms with van der Waals surface area (Å²) < 4.78 is 24.6. The van der Waals surface area contributed by atoms with Gasteiger partial charge in [-0.05, 0) is 25.1 Å². The minimum absolute atomic E-state index is 0.105. The van der Waals surface area contributed by atoms with Crippen molar-refractivity contribution < 1.29 is 13.4 Å². The normalized spacial score (nSPS) is 12.1. The molecule has 6 heteroatoms. The van der Waals surface area contributed by atoms with Gasteiger partial charge in [-0.3, -0.25) is 9.00 Å². The number of carbonyl (C=O) groups excluding carboxylic acids is 1. The van der Waals surface area contributed by atoms with Gasteiger partial charge in [0.25, 0.3) is 0 Å². The van der Waals surface area contributed by atoms with Crippen LogP contribution in [0.5, 0.6) is 0 Å². The summed E-state index contributed by atoms with van der Waals surface area (Å²) in [5.41, 5.74) is 5.37. The van der Waals surface area contributed by atoms with Gasteiger partial charge in [0.2, 0.25) is 5.91 Å². The van der Waals surface area contributed by atoms with Crippen LogP contribution in [0, 0.1) is 5.82 Å². The Morgan fingerprint density at radius 1 is 1.41 bits per heavy atom. The number of rotatable bonds is 6. The van der Waals surface area contributed by atoms with E-state index >= 15 is 0 Å². The molecule has 0 radical (unpaired) electrons. The second-order valence-corrected chi connectivity index (χ2v) is 5.04. The Bertz CT molecular complexity index is 412. The maximum absolute atomic E-state index is 13.2. The number of nitrogens with one attached hydrogen (secondary N) is 1. The van der Waals surface area contributed by atoms with Gasteiger partial charge in [-0.1, -0.05) is 12.1 Å². The number of nitrogens with two attached hydrogens (primary N) is 1. The van der Waals surface area contributed by atoms with Crippen LogP contribution >= 0.6 is 0 Å². The van der Waals surface area contributed by atoms with Crippen molar-refractivity contribution in [1.29, 1.82) is 0 Å². The molecule has 0 saturated carbocycles. The first kappa shape index (κ1) is 13.8. The first-order valence-corrected chi connectivity index (χ1v) is 6.71. The number of anilines is 1. The van der Waals surface area contributed by atoms with Crippen molar-refractivity contribution in [1.82, 2.24) is 0 Å². The Hall–Kier alpha value is -1.27. The zero-order valence-corrected chi connectivity index (χ0v) is 10.1. The summed E-state index contributed by atoms with van der Waals surface area (Å²) in [6, 6.07) is 5.85. The quantitative estimate of drug-likeness (QED) is 0.795. The summed E-state index contributed by atoms with van der Waals surface area (Å²) in [5, 5.41) is 2.38. The number of halogens is 1. The molecule has 1 aromatic rings. The Morgan fingerprint density at radius 3 is 2.76 bits per heavy atom. The predicted octanol–water partition coefficient (Wildman–Crippen LogP) is 0.862. The monoisotopic (exact) mass is 258 g/mol. The Labute approximate surface area is 102 Å². The highest BCUT2D eigenvalue weighted by Gasteiger charge is 2.09. The summed E-state index contributed by atoms with van der Waals surface area (Å²) in [5.74, 6) is -0.700. The van der Waals surface area contributed by atoms with E-state index in [-0.39, 0.29) is 11.4 Å². The summed E-state index contributed by atoms with van der Waals surface area (Å²) in [7, 11) is -1.24. The van der Waals surface area contributed by atoms with Crippen molar-refractivity contribution in [2.45, 2.75) is 6.42 Å². The average Bonchev–Trinajstić information content (AvgIpc) is 2.29. The number of amides is 1. The van der Waals surface area contributed by atoms with Crippen molar-refractivity contribution in [3.05, 3.63) is 30.1 Å². The van der Waals surface area contributed by atoms with Crippen LogP contribution in [0.25, 0.3) is 0 Å². The van der Waals surface area contributed by atoms with E-state index in [0.717, 1.165) is 0 Å². The molecule has 0 aliphatic carbocycles. The third-order valence-corrected chi connectivity index (χ3v) is 3.34. The van der Waals surface area contributed by atoms with Crippen LogP contribution in [-0.2, 0) is 15.6 Å². The Kier molecular flexibility index (Phi) is 5.79. The molecule has 4 nitrogen and oxygen atoms in total. The zero-order chi connectivity index (χ0) is 12.7. The summed E-state index contributed by atoms with van der Waals surface area (Å²) in [6.45, 7) is 0.445. The zero-order valence-electron chi connectivity index (χ0n) is 9.32. The highest BCUT2D eigenvalue weighted by atomic mass is 32.2. The Morgan fingerprint density at radius 2 is 2.12 bits per heavy atom.